The van der Waals surface area contributed by atoms with Crippen LogP contribution in [0.1, 0.15) is 12.5 Å². The molecule has 94 valence electrons. The highest BCUT2D eigenvalue weighted by atomic mass is 16.4. The van der Waals surface area contributed by atoms with Crippen LogP contribution in [-0.2, 0) is 9.59 Å². The number of rotatable bonds is 2. The Morgan fingerprint density at radius 1 is 1.26 bits per heavy atom. The number of allylic oxidation sites excluding steroid dienone is 1. The molecule has 0 saturated heterocycles. The second-order valence-corrected chi connectivity index (χ2v) is 4.41. The van der Waals surface area contributed by atoms with E-state index in [-0.39, 0.29) is 5.71 Å². The van der Waals surface area contributed by atoms with Crippen molar-refractivity contribution in [2.24, 2.45) is 9.98 Å². The first kappa shape index (κ1) is 11.5. The molecule has 1 aromatic rings. The summed E-state index contributed by atoms with van der Waals surface area (Å²) in [5.74, 6) is -1.85. The molecule has 5 nitrogen and oxygen atoms in total. The molecule has 1 unspecified atom stereocenters. The minimum atomic E-state index is -1.91. The van der Waals surface area contributed by atoms with Crippen molar-refractivity contribution in [3.63, 3.8) is 0 Å². The van der Waals surface area contributed by atoms with Crippen LogP contribution in [0, 0.1) is 0 Å². The third kappa shape index (κ3) is 1.35. The Hall–Kier alpha value is -2.56. The molecule has 1 aromatic carbocycles. The number of benzene rings is 1. The van der Waals surface area contributed by atoms with Crippen LogP contribution in [0.3, 0.4) is 0 Å². The van der Waals surface area contributed by atoms with Gasteiger partial charge in [-0.3, -0.25) is 9.79 Å². The molecule has 0 aromatic heterocycles. The van der Waals surface area contributed by atoms with Crippen LogP contribution >= 0.6 is 0 Å². The number of carboxylic acid groups (broad SMARTS) is 1. The third-order valence-electron chi connectivity index (χ3n) is 3.35. The standard InChI is InChI=1S/C14H10N2O3/c1-8(17)14(13(18)19)12-10(6-7-15-14)9-4-2-3-5-11(9)16-12/h2-7H,1H3,(H,18,19). The van der Waals surface area contributed by atoms with E-state index in [9.17, 15) is 14.7 Å². The molecule has 0 saturated carbocycles. The van der Waals surface area contributed by atoms with Gasteiger partial charge in [-0.25, -0.2) is 9.79 Å². The first-order valence-corrected chi connectivity index (χ1v) is 5.76. The van der Waals surface area contributed by atoms with E-state index in [1.54, 1.807) is 12.1 Å². The van der Waals surface area contributed by atoms with E-state index in [0.717, 1.165) is 5.56 Å². The van der Waals surface area contributed by atoms with Crippen molar-refractivity contribution in [3.8, 4) is 0 Å². The lowest BCUT2D eigenvalue weighted by atomic mass is 9.82. The van der Waals surface area contributed by atoms with E-state index in [1.165, 1.54) is 13.1 Å². The van der Waals surface area contributed by atoms with Gasteiger partial charge in [0.15, 0.2) is 5.78 Å². The van der Waals surface area contributed by atoms with Gasteiger partial charge in [-0.15, -0.1) is 0 Å². The summed E-state index contributed by atoms with van der Waals surface area (Å²) in [5.41, 5.74) is 0.444. The molecule has 0 aliphatic carbocycles. The number of Topliss-reactive ketones (excluding diaryl/α,β-unsaturated/α-hetero) is 1. The van der Waals surface area contributed by atoms with Crippen molar-refractivity contribution in [1.82, 2.24) is 0 Å². The van der Waals surface area contributed by atoms with E-state index < -0.39 is 17.3 Å². The quantitative estimate of drug-likeness (QED) is 0.815. The molecule has 1 N–H and O–H groups in total. The number of aliphatic imine (C=N–C) groups is 2. The minimum Gasteiger partial charge on any atom is -0.479 e. The van der Waals surface area contributed by atoms with E-state index in [0.29, 0.717) is 11.3 Å². The Labute approximate surface area is 109 Å². The Morgan fingerprint density at radius 3 is 2.68 bits per heavy atom. The van der Waals surface area contributed by atoms with Gasteiger partial charge < -0.3 is 5.11 Å². The van der Waals surface area contributed by atoms with Gasteiger partial charge in [0.2, 0.25) is 0 Å². The highest BCUT2D eigenvalue weighted by Crippen LogP contribution is 2.40. The Kier molecular flexibility index (Phi) is 2.25. The summed E-state index contributed by atoms with van der Waals surface area (Å²) in [5, 5.41) is 9.44. The Balaban J connectivity index is 2.27. The smallest absolute Gasteiger partial charge is 0.345 e. The molecule has 5 heteroatoms. The Morgan fingerprint density at radius 2 is 2.00 bits per heavy atom. The van der Waals surface area contributed by atoms with Gasteiger partial charge in [-0.1, -0.05) is 18.2 Å². The zero-order valence-electron chi connectivity index (χ0n) is 10.1. The van der Waals surface area contributed by atoms with Crippen LogP contribution in [0.25, 0.3) is 5.57 Å². The van der Waals surface area contributed by atoms with Crippen LogP contribution in [0.15, 0.2) is 40.3 Å². The normalized spacial score (nSPS) is 23.2. The lowest BCUT2D eigenvalue weighted by Gasteiger charge is -2.25. The van der Waals surface area contributed by atoms with Crippen molar-refractivity contribution >= 4 is 34.9 Å². The SMILES string of the molecule is CC(=O)C1(C(=O)O)N=CC=C2C1=Nc1ccccc12. The van der Waals surface area contributed by atoms with Crippen LogP contribution in [0.5, 0.6) is 0 Å². The summed E-state index contributed by atoms with van der Waals surface area (Å²) >= 11 is 0. The largest absolute Gasteiger partial charge is 0.479 e. The number of carboxylic acids is 1. The topological polar surface area (TPSA) is 79.1 Å². The third-order valence-corrected chi connectivity index (χ3v) is 3.35. The van der Waals surface area contributed by atoms with Crippen molar-refractivity contribution in [1.29, 1.82) is 0 Å². The molecule has 0 radical (unpaired) electrons. The van der Waals surface area contributed by atoms with E-state index in [2.05, 4.69) is 9.98 Å². The molecule has 3 rings (SSSR count). The van der Waals surface area contributed by atoms with Gasteiger partial charge in [0.25, 0.3) is 5.54 Å². The zero-order chi connectivity index (χ0) is 13.6. The number of nitrogens with zero attached hydrogens (tertiary/aromatic N) is 2. The molecule has 0 amide bonds. The first-order chi connectivity index (χ1) is 9.07. The number of hydrogen-bond acceptors (Lipinski definition) is 4. The second-order valence-electron chi connectivity index (χ2n) is 4.41. The molecule has 0 spiro atoms. The van der Waals surface area contributed by atoms with Crippen molar-refractivity contribution in [2.45, 2.75) is 12.5 Å². The molecular formula is C14H10N2O3. The highest BCUT2D eigenvalue weighted by Gasteiger charge is 2.52. The monoisotopic (exact) mass is 254 g/mol. The average Bonchev–Trinajstić information content (AvgIpc) is 2.76. The minimum absolute atomic E-state index is 0.205. The van der Waals surface area contributed by atoms with E-state index >= 15 is 0 Å². The lowest BCUT2D eigenvalue weighted by Crippen LogP contribution is -2.51. The Bertz CT molecular complexity index is 684. The summed E-state index contributed by atoms with van der Waals surface area (Å²) in [6.07, 6.45) is 3.06. The van der Waals surface area contributed by atoms with E-state index in [1.807, 2.05) is 18.2 Å². The fourth-order valence-corrected chi connectivity index (χ4v) is 2.40. The van der Waals surface area contributed by atoms with Crippen molar-refractivity contribution in [3.05, 3.63) is 35.9 Å². The van der Waals surface area contributed by atoms with Crippen molar-refractivity contribution in [2.75, 3.05) is 0 Å². The fourth-order valence-electron chi connectivity index (χ4n) is 2.40. The first-order valence-electron chi connectivity index (χ1n) is 5.76. The zero-order valence-corrected chi connectivity index (χ0v) is 10.1. The molecular weight excluding hydrogens is 244 g/mol. The summed E-state index contributed by atoms with van der Waals surface area (Å²) in [7, 11) is 0. The van der Waals surface area contributed by atoms with Crippen molar-refractivity contribution < 1.29 is 14.7 Å². The maximum atomic E-state index is 11.9. The van der Waals surface area contributed by atoms with Gasteiger partial charge in [-0.05, 0) is 19.1 Å². The average molecular weight is 254 g/mol. The number of ketones is 1. The summed E-state index contributed by atoms with van der Waals surface area (Å²) in [4.78, 5) is 31.6. The lowest BCUT2D eigenvalue weighted by molar-refractivity contribution is -0.144. The van der Waals surface area contributed by atoms with Crippen LogP contribution < -0.4 is 0 Å². The molecule has 0 bridgehead atoms. The molecule has 19 heavy (non-hydrogen) atoms. The predicted molar refractivity (Wildman–Crippen MR) is 71.1 cm³/mol. The highest BCUT2D eigenvalue weighted by molar-refractivity contribution is 6.47. The van der Waals surface area contributed by atoms with Crippen LogP contribution in [0.2, 0.25) is 0 Å². The van der Waals surface area contributed by atoms with Gasteiger partial charge in [0.05, 0.1) is 11.4 Å². The van der Waals surface area contributed by atoms with E-state index in [4.69, 9.17) is 0 Å². The summed E-state index contributed by atoms with van der Waals surface area (Å²) in [6, 6.07) is 7.30. The second kappa shape index (κ2) is 3.71. The van der Waals surface area contributed by atoms with Crippen LogP contribution in [-0.4, -0.2) is 34.3 Å². The maximum Gasteiger partial charge on any atom is 0.345 e. The predicted octanol–water partition coefficient (Wildman–Crippen LogP) is 1.65. The van der Waals surface area contributed by atoms with Gasteiger partial charge in [-0.2, -0.15) is 0 Å². The molecule has 2 aliphatic rings. The number of fused-ring (bicyclic) bond motifs is 3. The molecule has 2 heterocycles. The molecule has 0 fully saturated rings. The summed E-state index contributed by atoms with van der Waals surface area (Å²) < 4.78 is 0. The van der Waals surface area contributed by atoms with Gasteiger partial charge in [0, 0.05) is 17.4 Å². The number of carbonyl (C=O) groups excluding carboxylic acids is 1. The number of hydrogen-bond donors (Lipinski definition) is 1. The number of aliphatic carboxylic acids is 1. The van der Waals surface area contributed by atoms with Gasteiger partial charge in [0.1, 0.15) is 0 Å². The fraction of sp³-hybridized carbons (Fsp3) is 0.143. The number of dihydropyridines is 1. The van der Waals surface area contributed by atoms with Gasteiger partial charge >= 0.3 is 5.97 Å². The number of para-hydroxylation sites is 1. The van der Waals surface area contributed by atoms with Crippen LogP contribution in [0.4, 0.5) is 5.69 Å². The molecule has 2 aliphatic heterocycles. The number of carbonyl (C=O) groups is 2. The summed E-state index contributed by atoms with van der Waals surface area (Å²) in [6.45, 7) is 1.22. The maximum absolute atomic E-state index is 11.9. The molecule has 1 atom stereocenters.